The first kappa shape index (κ1) is 15.7. The van der Waals surface area contributed by atoms with E-state index < -0.39 is 29.2 Å². The fourth-order valence-corrected chi connectivity index (χ4v) is 3.13. The van der Waals surface area contributed by atoms with E-state index in [1.54, 1.807) is 17.5 Å². The van der Waals surface area contributed by atoms with E-state index in [1.807, 2.05) is 0 Å². The van der Waals surface area contributed by atoms with Crippen molar-refractivity contribution in [1.29, 1.82) is 0 Å². The van der Waals surface area contributed by atoms with Gasteiger partial charge in [-0.3, -0.25) is 4.79 Å². The van der Waals surface area contributed by atoms with Gasteiger partial charge in [0.25, 0.3) is 17.8 Å². The summed E-state index contributed by atoms with van der Waals surface area (Å²) in [6.45, 7) is 0.518. The molecule has 1 fully saturated rings. The highest BCUT2D eigenvalue weighted by Crippen LogP contribution is 2.27. The second kappa shape index (κ2) is 6.15. The van der Waals surface area contributed by atoms with Crippen LogP contribution in [0.15, 0.2) is 17.5 Å². The van der Waals surface area contributed by atoms with Gasteiger partial charge in [0, 0.05) is 26.2 Å². The second-order valence-electron chi connectivity index (χ2n) is 4.93. The third kappa shape index (κ3) is 2.88. The number of thiophene rings is 1. The number of halogens is 4. The first-order valence-electron chi connectivity index (χ1n) is 6.76. The number of rotatable bonds is 2. The van der Waals surface area contributed by atoms with Crippen molar-refractivity contribution >= 4 is 22.9 Å². The predicted molar refractivity (Wildman–Crippen MR) is 76.5 cm³/mol. The van der Waals surface area contributed by atoms with E-state index in [-0.39, 0.29) is 32.1 Å². The van der Waals surface area contributed by atoms with E-state index in [4.69, 9.17) is 0 Å². The number of carbonyl (C=O) groups is 1. The van der Waals surface area contributed by atoms with E-state index in [2.05, 4.69) is 4.98 Å². The van der Waals surface area contributed by atoms with Crippen LogP contribution >= 0.6 is 11.3 Å². The lowest BCUT2D eigenvalue weighted by Crippen LogP contribution is -2.49. The molecule has 1 aliphatic rings. The molecular formula is C14H11F4N3OS. The van der Waals surface area contributed by atoms with Crippen molar-refractivity contribution in [2.45, 2.75) is 0 Å². The van der Waals surface area contributed by atoms with Gasteiger partial charge in [0.1, 0.15) is 5.69 Å². The SMILES string of the molecule is O=C(c1cccs1)N1CCN(c2c(F)c(F)nc(F)c2F)CC1. The third-order valence-electron chi connectivity index (χ3n) is 3.59. The molecule has 0 radical (unpaired) electrons. The zero-order chi connectivity index (χ0) is 16.6. The maximum Gasteiger partial charge on any atom is 0.264 e. The van der Waals surface area contributed by atoms with Crippen molar-refractivity contribution in [1.82, 2.24) is 9.88 Å². The molecular weight excluding hydrogens is 334 g/mol. The molecule has 2 aromatic heterocycles. The number of piperazine rings is 1. The highest BCUT2D eigenvalue weighted by atomic mass is 32.1. The van der Waals surface area contributed by atoms with Gasteiger partial charge in [0.15, 0.2) is 0 Å². The molecule has 122 valence electrons. The minimum absolute atomic E-state index is 0.0633. The maximum absolute atomic E-state index is 13.7. The summed E-state index contributed by atoms with van der Waals surface area (Å²) in [4.78, 5) is 18.0. The molecule has 3 rings (SSSR count). The Balaban J connectivity index is 1.76. The Morgan fingerprint density at radius 1 is 1.04 bits per heavy atom. The highest BCUT2D eigenvalue weighted by Gasteiger charge is 2.29. The van der Waals surface area contributed by atoms with Gasteiger partial charge < -0.3 is 9.80 Å². The molecule has 9 heteroatoms. The summed E-state index contributed by atoms with van der Waals surface area (Å²) in [5.74, 6) is -6.59. The van der Waals surface area contributed by atoms with Gasteiger partial charge in [-0.1, -0.05) is 6.07 Å². The molecule has 3 heterocycles. The molecule has 2 aromatic rings. The number of anilines is 1. The lowest BCUT2D eigenvalue weighted by atomic mass is 10.2. The number of amides is 1. The Bertz CT molecular complexity index is 704. The van der Waals surface area contributed by atoms with Crippen LogP contribution in [0.2, 0.25) is 0 Å². The van der Waals surface area contributed by atoms with Crippen LogP contribution < -0.4 is 4.90 Å². The summed E-state index contributed by atoms with van der Waals surface area (Å²) in [5, 5.41) is 1.77. The van der Waals surface area contributed by atoms with Gasteiger partial charge in [-0.2, -0.15) is 22.5 Å². The molecule has 1 saturated heterocycles. The Hall–Kier alpha value is -2.16. The minimum Gasteiger partial charge on any atom is -0.363 e. The van der Waals surface area contributed by atoms with E-state index in [0.29, 0.717) is 4.88 Å². The van der Waals surface area contributed by atoms with Crippen LogP contribution in [0.25, 0.3) is 0 Å². The molecule has 0 N–H and O–H groups in total. The second-order valence-corrected chi connectivity index (χ2v) is 5.87. The standard InChI is InChI=1S/C14H11F4N3OS/c15-9-11(10(16)13(18)19-12(9)17)20-3-5-21(6-4-20)14(22)8-2-1-7-23-8/h1-2,7H,3-6H2. The zero-order valence-corrected chi connectivity index (χ0v) is 12.5. The number of pyridine rings is 1. The number of carbonyl (C=O) groups excluding carboxylic acids is 1. The summed E-state index contributed by atoms with van der Waals surface area (Å²) in [6.07, 6.45) is 0. The Labute approximate surface area is 133 Å². The topological polar surface area (TPSA) is 36.4 Å². The minimum atomic E-state index is -1.68. The predicted octanol–water partition coefficient (Wildman–Crippen LogP) is 2.66. The number of nitrogens with zero attached hydrogens (tertiary/aromatic N) is 3. The first-order chi connectivity index (χ1) is 11.0. The van der Waals surface area contributed by atoms with Crippen molar-refractivity contribution in [2.75, 3.05) is 31.1 Å². The molecule has 0 spiro atoms. The number of hydrogen-bond acceptors (Lipinski definition) is 4. The van der Waals surface area contributed by atoms with E-state index in [0.717, 1.165) is 0 Å². The van der Waals surface area contributed by atoms with Crippen molar-refractivity contribution in [3.05, 3.63) is 45.9 Å². The molecule has 23 heavy (non-hydrogen) atoms. The molecule has 0 saturated carbocycles. The van der Waals surface area contributed by atoms with Crippen LogP contribution in [0.5, 0.6) is 0 Å². The van der Waals surface area contributed by atoms with E-state index in [1.165, 1.54) is 21.1 Å². The smallest absolute Gasteiger partial charge is 0.264 e. The van der Waals surface area contributed by atoms with Crippen LogP contribution in [0, 0.1) is 23.5 Å². The molecule has 0 unspecified atom stereocenters. The Morgan fingerprint density at radius 3 is 2.17 bits per heavy atom. The number of aromatic nitrogens is 1. The van der Waals surface area contributed by atoms with Crippen LogP contribution in [0.3, 0.4) is 0 Å². The molecule has 1 amide bonds. The zero-order valence-electron chi connectivity index (χ0n) is 11.7. The molecule has 0 atom stereocenters. The first-order valence-corrected chi connectivity index (χ1v) is 7.64. The summed E-state index contributed by atoms with van der Waals surface area (Å²) >= 11 is 1.30. The number of hydrogen-bond donors (Lipinski definition) is 0. The van der Waals surface area contributed by atoms with Crippen LogP contribution in [-0.4, -0.2) is 42.0 Å². The van der Waals surface area contributed by atoms with Crippen molar-refractivity contribution in [3.63, 3.8) is 0 Å². The lowest BCUT2D eigenvalue weighted by molar-refractivity contribution is 0.0751. The van der Waals surface area contributed by atoms with Crippen molar-refractivity contribution in [3.8, 4) is 0 Å². The van der Waals surface area contributed by atoms with Crippen LogP contribution in [0.1, 0.15) is 9.67 Å². The fourth-order valence-electron chi connectivity index (χ4n) is 2.44. The summed E-state index contributed by atoms with van der Waals surface area (Å²) < 4.78 is 53.8. The fraction of sp³-hybridized carbons (Fsp3) is 0.286. The third-order valence-corrected chi connectivity index (χ3v) is 4.45. The Kier molecular flexibility index (Phi) is 4.20. The quantitative estimate of drug-likeness (QED) is 0.620. The Morgan fingerprint density at radius 2 is 1.65 bits per heavy atom. The normalized spacial score (nSPS) is 15.1. The average molecular weight is 345 g/mol. The molecule has 0 aliphatic carbocycles. The van der Waals surface area contributed by atoms with Gasteiger partial charge in [0.2, 0.25) is 11.6 Å². The van der Waals surface area contributed by atoms with Crippen LogP contribution in [0.4, 0.5) is 23.2 Å². The summed E-state index contributed by atoms with van der Waals surface area (Å²) in [6, 6.07) is 3.44. The maximum atomic E-state index is 13.7. The molecule has 0 bridgehead atoms. The van der Waals surface area contributed by atoms with Gasteiger partial charge in [-0.05, 0) is 11.4 Å². The van der Waals surface area contributed by atoms with Crippen molar-refractivity contribution < 1.29 is 22.4 Å². The van der Waals surface area contributed by atoms with Crippen LogP contribution in [-0.2, 0) is 0 Å². The van der Waals surface area contributed by atoms with Gasteiger partial charge >= 0.3 is 0 Å². The molecule has 4 nitrogen and oxygen atoms in total. The van der Waals surface area contributed by atoms with E-state index >= 15 is 0 Å². The summed E-state index contributed by atoms with van der Waals surface area (Å²) in [5.41, 5.74) is -0.779. The summed E-state index contributed by atoms with van der Waals surface area (Å²) in [7, 11) is 0. The molecule has 1 aliphatic heterocycles. The van der Waals surface area contributed by atoms with Crippen molar-refractivity contribution in [2.24, 2.45) is 0 Å². The largest absolute Gasteiger partial charge is 0.363 e. The highest BCUT2D eigenvalue weighted by molar-refractivity contribution is 7.12. The van der Waals surface area contributed by atoms with E-state index in [9.17, 15) is 22.4 Å². The average Bonchev–Trinajstić information content (AvgIpc) is 3.08. The van der Waals surface area contributed by atoms with Gasteiger partial charge in [-0.15, -0.1) is 11.3 Å². The lowest BCUT2D eigenvalue weighted by Gasteiger charge is -2.36. The van der Waals surface area contributed by atoms with Gasteiger partial charge in [0.05, 0.1) is 4.88 Å². The molecule has 0 aromatic carbocycles. The van der Waals surface area contributed by atoms with Gasteiger partial charge in [-0.25, -0.2) is 0 Å². The monoisotopic (exact) mass is 345 g/mol.